The van der Waals surface area contributed by atoms with Gasteiger partial charge in [-0.3, -0.25) is 0 Å². The number of benzene rings is 1. The van der Waals surface area contributed by atoms with Crippen molar-refractivity contribution in [1.82, 2.24) is 5.32 Å². The Morgan fingerprint density at radius 3 is 2.80 bits per heavy atom. The molecule has 1 aromatic carbocycles. The summed E-state index contributed by atoms with van der Waals surface area (Å²) in [5.74, 6) is 1.70. The van der Waals surface area contributed by atoms with Crippen molar-refractivity contribution in [3.05, 3.63) is 22.2 Å². The van der Waals surface area contributed by atoms with Gasteiger partial charge in [-0.25, -0.2) is 0 Å². The smallest absolute Gasteiger partial charge is 0.175 e. The average Bonchev–Trinajstić information content (AvgIpc) is 3.19. The van der Waals surface area contributed by atoms with Gasteiger partial charge in [0.25, 0.3) is 0 Å². The second-order valence-corrected chi connectivity index (χ2v) is 6.81. The lowest BCUT2D eigenvalue weighted by Crippen LogP contribution is -2.23. The van der Waals surface area contributed by atoms with E-state index in [1.165, 1.54) is 31.2 Å². The van der Waals surface area contributed by atoms with Crippen molar-refractivity contribution in [2.45, 2.75) is 39.2 Å². The van der Waals surface area contributed by atoms with Crippen LogP contribution in [0.4, 0.5) is 0 Å². The van der Waals surface area contributed by atoms with Gasteiger partial charge in [0, 0.05) is 13.1 Å². The van der Waals surface area contributed by atoms with Crippen LogP contribution in [0, 0.1) is 5.41 Å². The Labute approximate surface area is 129 Å². The molecule has 0 radical (unpaired) electrons. The summed E-state index contributed by atoms with van der Waals surface area (Å²) in [7, 11) is 0. The molecular formula is C16H22BrNO2. The van der Waals surface area contributed by atoms with Gasteiger partial charge in [0.05, 0.1) is 4.47 Å². The number of hydrogen-bond donors (Lipinski definition) is 1. The van der Waals surface area contributed by atoms with E-state index in [0.717, 1.165) is 29.1 Å². The van der Waals surface area contributed by atoms with E-state index in [2.05, 4.69) is 40.3 Å². The van der Waals surface area contributed by atoms with Crippen molar-refractivity contribution in [2.75, 3.05) is 19.8 Å². The summed E-state index contributed by atoms with van der Waals surface area (Å²) in [6, 6.07) is 4.21. The molecule has 0 spiro atoms. The van der Waals surface area contributed by atoms with E-state index in [9.17, 15) is 0 Å². The zero-order valence-electron chi connectivity index (χ0n) is 12.0. The van der Waals surface area contributed by atoms with Crippen LogP contribution in [0.25, 0.3) is 0 Å². The highest BCUT2D eigenvalue weighted by molar-refractivity contribution is 9.10. The van der Waals surface area contributed by atoms with Gasteiger partial charge in [-0.1, -0.05) is 13.3 Å². The molecule has 0 unspecified atom stereocenters. The summed E-state index contributed by atoms with van der Waals surface area (Å²) in [6.45, 7) is 5.56. The molecule has 110 valence electrons. The normalized spacial score (nSPS) is 18.9. The SMILES string of the molecule is CCCC1(CNCc2cc(Br)c3c(c2)OCCO3)CC1. The van der Waals surface area contributed by atoms with Crippen LogP contribution in [-0.4, -0.2) is 19.8 Å². The molecule has 4 heteroatoms. The fourth-order valence-electron chi connectivity index (χ4n) is 2.96. The molecule has 1 fully saturated rings. The highest BCUT2D eigenvalue weighted by Gasteiger charge is 2.40. The minimum absolute atomic E-state index is 0.597. The van der Waals surface area contributed by atoms with E-state index < -0.39 is 0 Å². The quantitative estimate of drug-likeness (QED) is 0.852. The molecule has 0 atom stereocenters. The Hall–Kier alpha value is -0.740. The summed E-state index contributed by atoms with van der Waals surface area (Å²) >= 11 is 3.57. The molecular weight excluding hydrogens is 318 g/mol. The highest BCUT2D eigenvalue weighted by atomic mass is 79.9. The maximum atomic E-state index is 5.66. The third kappa shape index (κ3) is 3.12. The first-order chi connectivity index (χ1) is 9.72. The minimum atomic E-state index is 0.597. The molecule has 20 heavy (non-hydrogen) atoms. The summed E-state index contributed by atoms with van der Waals surface area (Å²) in [4.78, 5) is 0. The lowest BCUT2D eigenvalue weighted by molar-refractivity contribution is 0.170. The number of nitrogens with one attached hydrogen (secondary N) is 1. The molecule has 0 amide bonds. The van der Waals surface area contributed by atoms with Gasteiger partial charge >= 0.3 is 0 Å². The zero-order valence-corrected chi connectivity index (χ0v) is 13.6. The standard InChI is InChI=1S/C16H22BrNO2/c1-2-3-16(4-5-16)11-18-10-12-8-13(17)15-14(9-12)19-6-7-20-15/h8-9,18H,2-7,10-11H2,1H3. The van der Waals surface area contributed by atoms with Crippen molar-refractivity contribution in [3.63, 3.8) is 0 Å². The van der Waals surface area contributed by atoms with E-state index in [-0.39, 0.29) is 0 Å². The van der Waals surface area contributed by atoms with E-state index in [0.29, 0.717) is 18.6 Å². The van der Waals surface area contributed by atoms with Crippen molar-refractivity contribution in [2.24, 2.45) is 5.41 Å². The van der Waals surface area contributed by atoms with Gasteiger partial charge in [0.15, 0.2) is 11.5 Å². The zero-order chi connectivity index (χ0) is 14.0. The molecule has 1 aliphatic heterocycles. The second-order valence-electron chi connectivity index (χ2n) is 5.96. The lowest BCUT2D eigenvalue weighted by Gasteiger charge is -2.21. The summed E-state index contributed by atoms with van der Waals surface area (Å²) in [5.41, 5.74) is 1.84. The van der Waals surface area contributed by atoms with Crippen LogP contribution in [0.15, 0.2) is 16.6 Å². The monoisotopic (exact) mass is 339 g/mol. The first kappa shape index (κ1) is 14.2. The maximum Gasteiger partial charge on any atom is 0.175 e. The maximum absolute atomic E-state index is 5.66. The molecule has 3 nitrogen and oxygen atoms in total. The van der Waals surface area contributed by atoms with Gasteiger partial charge < -0.3 is 14.8 Å². The molecule has 1 aliphatic carbocycles. The Morgan fingerprint density at radius 2 is 2.05 bits per heavy atom. The van der Waals surface area contributed by atoms with Crippen LogP contribution in [0.3, 0.4) is 0 Å². The molecule has 1 heterocycles. The van der Waals surface area contributed by atoms with Crippen LogP contribution in [-0.2, 0) is 6.54 Å². The van der Waals surface area contributed by atoms with E-state index in [1.807, 2.05) is 0 Å². The first-order valence-corrected chi connectivity index (χ1v) is 8.30. The third-order valence-electron chi connectivity index (χ3n) is 4.22. The van der Waals surface area contributed by atoms with Crippen LogP contribution in [0.1, 0.15) is 38.2 Å². The molecule has 0 bridgehead atoms. The van der Waals surface area contributed by atoms with E-state index >= 15 is 0 Å². The van der Waals surface area contributed by atoms with Crippen molar-refractivity contribution in [3.8, 4) is 11.5 Å². The topological polar surface area (TPSA) is 30.5 Å². The Balaban J connectivity index is 1.59. The number of hydrogen-bond acceptors (Lipinski definition) is 3. The largest absolute Gasteiger partial charge is 0.486 e. The first-order valence-electron chi connectivity index (χ1n) is 7.51. The van der Waals surface area contributed by atoms with Gasteiger partial charge in [-0.15, -0.1) is 0 Å². The molecule has 1 aromatic rings. The van der Waals surface area contributed by atoms with E-state index in [4.69, 9.17) is 9.47 Å². The fraction of sp³-hybridized carbons (Fsp3) is 0.625. The van der Waals surface area contributed by atoms with Crippen molar-refractivity contribution < 1.29 is 9.47 Å². The predicted molar refractivity (Wildman–Crippen MR) is 83.4 cm³/mol. The minimum Gasteiger partial charge on any atom is -0.486 e. The Kier molecular flexibility index (Phi) is 4.22. The highest BCUT2D eigenvalue weighted by Crippen LogP contribution is 2.49. The van der Waals surface area contributed by atoms with Crippen LogP contribution in [0.5, 0.6) is 11.5 Å². The second kappa shape index (κ2) is 5.94. The number of fused-ring (bicyclic) bond motifs is 1. The molecule has 1 N–H and O–H groups in total. The van der Waals surface area contributed by atoms with Gasteiger partial charge in [0.2, 0.25) is 0 Å². The summed E-state index contributed by atoms with van der Waals surface area (Å²) in [5, 5.41) is 3.61. The van der Waals surface area contributed by atoms with Crippen LogP contribution < -0.4 is 14.8 Å². The average molecular weight is 340 g/mol. The molecule has 1 saturated carbocycles. The summed E-state index contributed by atoms with van der Waals surface area (Å²) in [6.07, 6.45) is 5.42. The number of halogens is 1. The van der Waals surface area contributed by atoms with E-state index in [1.54, 1.807) is 0 Å². The number of rotatable bonds is 6. The summed E-state index contributed by atoms with van der Waals surface area (Å²) < 4.78 is 12.3. The van der Waals surface area contributed by atoms with Crippen LogP contribution >= 0.6 is 15.9 Å². The third-order valence-corrected chi connectivity index (χ3v) is 4.81. The predicted octanol–water partition coefficient (Wildman–Crippen LogP) is 3.89. The number of ether oxygens (including phenoxy) is 2. The molecule has 2 aliphatic rings. The molecule has 0 saturated heterocycles. The lowest BCUT2D eigenvalue weighted by atomic mass is 10.0. The van der Waals surface area contributed by atoms with Gasteiger partial charge in [0.1, 0.15) is 13.2 Å². The van der Waals surface area contributed by atoms with Gasteiger partial charge in [-0.2, -0.15) is 0 Å². The van der Waals surface area contributed by atoms with Gasteiger partial charge in [-0.05, 0) is 58.3 Å². The fourth-order valence-corrected chi connectivity index (χ4v) is 3.56. The van der Waals surface area contributed by atoms with Crippen molar-refractivity contribution in [1.29, 1.82) is 0 Å². The Morgan fingerprint density at radius 1 is 1.25 bits per heavy atom. The molecule has 0 aromatic heterocycles. The molecule has 3 rings (SSSR count). The van der Waals surface area contributed by atoms with Crippen molar-refractivity contribution >= 4 is 15.9 Å². The van der Waals surface area contributed by atoms with Crippen LogP contribution in [0.2, 0.25) is 0 Å². The Bertz CT molecular complexity index is 486.